The minimum absolute atomic E-state index is 0.0107. The van der Waals surface area contributed by atoms with E-state index in [0.717, 1.165) is 11.3 Å². The fourth-order valence-corrected chi connectivity index (χ4v) is 5.33. The molecule has 0 radical (unpaired) electrons. The van der Waals surface area contributed by atoms with Crippen LogP contribution in [0, 0.1) is 11.6 Å². The molecule has 7 nitrogen and oxygen atoms in total. The number of fused-ring (bicyclic) bond motifs is 3. The molecule has 0 bridgehead atoms. The number of nitrogens with zero attached hydrogens (tertiary/aromatic N) is 3. The number of aromatic nitrogens is 1. The minimum Gasteiger partial charge on any atom is -0.487 e. The molecule has 1 atom stereocenters. The number of piperazine rings is 1. The molecule has 33 heavy (non-hydrogen) atoms. The fourth-order valence-electron chi connectivity index (χ4n) is 4.27. The molecule has 3 heterocycles. The average molecular weight is 491 g/mol. The Morgan fingerprint density at radius 2 is 2.12 bits per heavy atom. The van der Waals surface area contributed by atoms with Gasteiger partial charge in [0.15, 0.2) is 16.7 Å². The average Bonchev–Trinajstić information content (AvgIpc) is 3.14. The maximum absolute atomic E-state index is 15.8. The molecule has 2 N–H and O–H groups in total. The van der Waals surface area contributed by atoms with Crippen molar-refractivity contribution < 1.29 is 23.1 Å². The first kappa shape index (κ1) is 21.6. The molecule has 2 aromatic carbocycles. The van der Waals surface area contributed by atoms with Crippen molar-refractivity contribution in [2.24, 2.45) is 0 Å². The van der Waals surface area contributed by atoms with Gasteiger partial charge in [0.05, 0.1) is 26.8 Å². The Morgan fingerprint density at radius 1 is 1.33 bits per heavy atom. The minimum atomic E-state index is -0.843. The molecule has 11 heteroatoms. The van der Waals surface area contributed by atoms with Gasteiger partial charge < -0.3 is 20.3 Å². The number of rotatable bonds is 2. The summed E-state index contributed by atoms with van der Waals surface area (Å²) < 4.78 is 36.0. The van der Waals surface area contributed by atoms with Crippen LogP contribution in [-0.2, 0) is 4.79 Å². The Balaban J connectivity index is 1.60. The van der Waals surface area contributed by atoms with E-state index in [2.05, 4.69) is 11.6 Å². The third kappa shape index (κ3) is 3.41. The number of benzene rings is 2. The van der Waals surface area contributed by atoms with Crippen LogP contribution in [0.4, 0.5) is 13.9 Å². The number of carbonyl (C=O) groups is 2. The van der Waals surface area contributed by atoms with Crippen LogP contribution >= 0.6 is 22.9 Å². The smallest absolute Gasteiger partial charge is 0.258 e. The van der Waals surface area contributed by atoms with Crippen LogP contribution < -0.4 is 10.5 Å². The molecule has 3 aromatic rings. The quantitative estimate of drug-likeness (QED) is 0.553. The second-order valence-corrected chi connectivity index (χ2v) is 9.14. The third-order valence-electron chi connectivity index (χ3n) is 5.84. The van der Waals surface area contributed by atoms with Gasteiger partial charge in [0.2, 0.25) is 5.91 Å². The number of halogens is 3. The summed E-state index contributed by atoms with van der Waals surface area (Å²) in [6.45, 7) is 4.31. The number of nitrogen functional groups attached to an aromatic ring is 1. The highest BCUT2D eigenvalue weighted by molar-refractivity contribution is 7.22. The Morgan fingerprint density at radius 3 is 2.88 bits per heavy atom. The van der Waals surface area contributed by atoms with Crippen molar-refractivity contribution >= 4 is 50.1 Å². The molecule has 0 saturated carbocycles. The van der Waals surface area contributed by atoms with Crippen LogP contribution in [-0.4, -0.2) is 58.9 Å². The highest BCUT2D eigenvalue weighted by Crippen LogP contribution is 2.43. The van der Waals surface area contributed by atoms with Crippen molar-refractivity contribution in [3.63, 3.8) is 0 Å². The second-order valence-electron chi connectivity index (χ2n) is 7.70. The van der Waals surface area contributed by atoms with Crippen molar-refractivity contribution in [1.82, 2.24) is 14.8 Å². The topological polar surface area (TPSA) is 88.8 Å². The van der Waals surface area contributed by atoms with Crippen LogP contribution in [0.5, 0.6) is 5.75 Å². The molecule has 1 fully saturated rings. The molecule has 2 amide bonds. The molecule has 0 unspecified atom stereocenters. The van der Waals surface area contributed by atoms with Gasteiger partial charge in [-0.1, -0.05) is 29.5 Å². The van der Waals surface area contributed by atoms with Gasteiger partial charge >= 0.3 is 0 Å². The summed E-state index contributed by atoms with van der Waals surface area (Å²) in [5.74, 6) is -2.30. The predicted octanol–water partition coefficient (Wildman–Crippen LogP) is 3.71. The van der Waals surface area contributed by atoms with Crippen molar-refractivity contribution in [2.75, 3.05) is 32.0 Å². The molecule has 0 aliphatic carbocycles. The van der Waals surface area contributed by atoms with E-state index in [9.17, 15) is 14.0 Å². The van der Waals surface area contributed by atoms with Crippen LogP contribution in [0.15, 0.2) is 30.9 Å². The summed E-state index contributed by atoms with van der Waals surface area (Å²) in [6.07, 6.45) is 1.21. The maximum Gasteiger partial charge on any atom is 0.258 e. The van der Waals surface area contributed by atoms with Crippen LogP contribution in [0.3, 0.4) is 0 Å². The SMILES string of the molecule is C=CC(=O)N1CCN2C(=O)c3cc(Cl)c(-c4ccc(F)c5sc(N)nc45)c(F)c3OC[C@H]2C1. The molecule has 0 spiro atoms. The second kappa shape index (κ2) is 7.96. The first-order chi connectivity index (χ1) is 15.8. The molecule has 2 aliphatic rings. The Hall–Kier alpha value is -3.24. The van der Waals surface area contributed by atoms with Crippen molar-refractivity contribution in [3.05, 3.63) is 53.1 Å². The van der Waals surface area contributed by atoms with E-state index in [1.165, 1.54) is 24.3 Å². The van der Waals surface area contributed by atoms with Gasteiger partial charge in [-0.25, -0.2) is 13.8 Å². The number of amides is 2. The molecular formula is C22H17ClF2N4O3S. The lowest BCUT2D eigenvalue weighted by molar-refractivity contribution is -0.128. The van der Waals surface area contributed by atoms with Gasteiger partial charge in [0, 0.05) is 30.8 Å². The lowest BCUT2D eigenvalue weighted by Crippen LogP contribution is -2.57. The highest BCUT2D eigenvalue weighted by atomic mass is 35.5. The normalized spacial score (nSPS) is 17.9. The summed E-state index contributed by atoms with van der Waals surface area (Å²) in [5.41, 5.74) is 6.10. The number of thiazole rings is 1. The monoisotopic (exact) mass is 490 g/mol. The van der Waals surface area contributed by atoms with Gasteiger partial charge in [-0.05, 0) is 24.3 Å². The van der Waals surface area contributed by atoms with Gasteiger partial charge in [-0.3, -0.25) is 9.59 Å². The zero-order valence-electron chi connectivity index (χ0n) is 17.1. The Labute approximate surface area is 196 Å². The van der Waals surface area contributed by atoms with Gasteiger partial charge in [-0.15, -0.1) is 0 Å². The first-order valence-corrected chi connectivity index (χ1v) is 11.2. The Kier molecular flexibility index (Phi) is 5.21. The van der Waals surface area contributed by atoms with Crippen LogP contribution in [0.25, 0.3) is 21.3 Å². The van der Waals surface area contributed by atoms with Crippen molar-refractivity contribution in [3.8, 4) is 16.9 Å². The molecule has 1 saturated heterocycles. The highest BCUT2D eigenvalue weighted by Gasteiger charge is 2.38. The van der Waals surface area contributed by atoms with Crippen molar-refractivity contribution in [1.29, 1.82) is 0 Å². The zero-order chi connectivity index (χ0) is 23.4. The lowest BCUT2D eigenvalue weighted by Gasteiger charge is -2.39. The van der Waals surface area contributed by atoms with E-state index < -0.39 is 23.6 Å². The Bertz CT molecular complexity index is 1350. The van der Waals surface area contributed by atoms with Gasteiger partial charge in [0.1, 0.15) is 12.4 Å². The summed E-state index contributed by atoms with van der Waals surface area (Å²) in [7, 11) is 0. The van der Waals surface area contributed by atoms with E-state index >= 15 is 4.39 Å². The standard InChI is InChI=1S/C22H17ClF2N4O3S/c1-2-15(30)28-5-6-29-10(8-28)9-32-19-12(21(29)31)7-13(23)16(17(19)25)11-3-4-14(24)20-18(11)27-22(26)33-20/h2-4,7,10H,1,5-6,8-9H2,(H2,26,27)/t10-/m1/s1. The molecular weight excluding hydrogens is 474 g/mol. The predicted molar refractivity (Wildman–Crippen MR) is 121 cm³/mol. The number of ether oxygens (including phenoxy) is 1. The first-order valence-electron chi connectivity index (χ1n) is 10.0. The number of hydrogen-bond donors (Lipinski definition) is 1. The van der Waals surface area contributed by atoms with E-state index in [4.69, 9.17) is 22.1 Å². The number of nitrogens with two attached hydrogens (primary N) is 1. The van der Waals surface area contributed by atoms with Crippen LogP contribution in [0.2, 0.25) is 5.02 Å². The number of anilines is 1. The van der Waals surface area contributed by atoms with Crippen LogP contribution in [0.1, 0.15) is 10.4 Å². The van der Waals surface area contributed by atoms with E-state index in [1.54, 1.807) is 9.80 Å². The number of hydrogen-bond acceptors (Lipinski definition) is 6. The summed E-state index contributed by atoms with van der Waals surface area (Å²) in [4.78, 5) is 32.5. The molecule has 2 aliphatic heterocycles. The largest absolute Gasteiger partial charge is 0.487 e. The van der Waals surface area contributed by atoms with E-state index in [1.807, 2.05) is 0 Å². The zero-order valence-corrected chi connectivity index (χ0v) is 18.7. The number of carbonyl (C=O) groups excluding carboxylic acids is 2. The fraction of sp³-hybridized carbons (Fsp3) is 0.227. The van der Waals surface area contributed by atoms with Gasteiger partial charge in [0.25, 0.3) is 5.91 Å². The summed E-state index contributed by atoms with van der Waals surface area (Å²) >= 11 is 7.39. The molecule has 1 aromatic heterocycles. The molecule has 5 rings (SSSR count). The van der Waals surface area contributed by atoms with Gasteiger partial charge in [-0.2, -0.15) is 0 Å². The maximum atomic E-state index is 15.8. The van der Waals surface area contributed by atoms with Crippen molar-refractivity contribution in [2.45, 2.75) is 6.04 Å². The third-order valence-corrected chi connectivity index (χ3v) is 7.03. The molecule has 170 valence electrons. The van der Waals surface area contributed by atoms with E-state index in [-0.39, 0.29) is 68.4 Å². The summed E-state index contributed by atoms with van der Waals surface area (Å²) in [6, 6.07) is 3.45. The lowest BCUT2D eigenvalue weighted by atomic mass is 10.00. The summed E-state index contributed by atoms with van der Waals surface area (Å²) in [5, 5.41) is 0.0890. The van der Waals surface area contributed by atoms with E-state index in [0.29, 0.717) is 6.54 Å².